The number of ether oxygens (including phenoxy) is 1. The fraction of sp³-hybridized carbons (Fsp3) is 0.800. The van der Waals surface area contributed by atoms with Crippen LogP contribution in [0.4, 0.5) is 9.59 Å². The molecule has 2 aliphatic rings. The number of nitrogens with one attached hydrogen (secondary N) is 2. The molecular formula is C15H26N4O9S. The number of alkyl carbamates (subject to hydrolysis) is 1. The fourth-order valence-electron chi connectivity index (χ4n) is 2.96. The number of urea groups is 1. The quantitative estimate of drug-likeness (QED) is 0.365. The lowest BCUT2D eigenvalue weighted by molar-refractivity contribution is -0.139. The zero-order valence-electron chi connectivity index (χ0n) is 16.6. The fourth-order valence-corrected chi connectivity index (χ4v) is 3.35. The van der Waals surface area contributed by atoms with Gasteiger partial charge in [0.2, 0.25) is 0 Å². The highest BCUT2D eigenvalue weighted by atomic mass is 32.3. The molecule has 2 heterocycles. The summed E-state index contributed by atoms with van der Waals surface area (Å²) in [6.07, 6.45) is -0.0745. The highest BCUT2D eigenvalue weighted by Gasteiger charge is 2.49. The van der Waals surface area contributed by atoms with E-state index >= 15 is 0 Å². The van der Waals surface area contributed by atoms with Crippen molar-refractivity contribution in [3.8, 4) is 0 Å². The molecule has 0 saturated carbocycles. The van der Waals surface area contributed by atoms with Gasteiger partial charge in [0.05, 0.1) is 18.7 Å². The number of carbonyl (C=O) groups excluding carboxylic acids is 3. The lowest BCUT2D eigenvalue weighted by Crippen LogP contribution is -2.50. The summed E-state index contributed by atoms with van der Waals surface area (Å²) >= 11 is 0. The van der Waals surface area contributed by atoms with Crippen LogP contribution in [0.25, 0.3) is 0 Å². The number of piperidine rings is 1. The van der Waals surface area contributed by atoms with Crippen molar-refractivity contribution in [2.24, 2.45) is 0 Å². The molecule has 3 atom stereocenters. The van der Waals surface area contributed by atoms with Gasteiger partial charge in [-0.05, 0) is 40.5 Å². The summed E-state index contributed by atoms with van der Waals surface area (Å²) in [6.45, 7) is 6.85. The highest BCUT2D eigenvalue weighted by molar-refractivity contribution is 7.80. The summed E-state index contributed by atoms with van der Waals surface area (Å²) in [7, 11) is -4.85. The number of nitrogens with zero attached hydrogens (tertiary/aromatic N) is 2. The van der Waals surface area contributed by atoms with E-state index in [9.17, 15) is 22.8 Å². The summed E-state index contributed by atoms with van der Waals surface area (Å²) in [5.74, 6) is -0.602. The molecule has 29 heavy (non-hydrogen) atoms. The number of rotatable bonds is 7. The van der Waals surface area contributed by atoms with Crippen LogP contribution in [0.2, 0.25) is 0 Å². The lowest BCUT2D eigenvalue weighted by atomic mass is 10.0. The first-order chi connectivity index (χ1) is 13.3. The van der Waals surface area contributed by atoms with E-state index in [4.69, 9.17) is 14.1 Å². The van der Waals surface area contributed by atoms with Gasteiger partial charge in [-0.1, -0.05) is 0 Å². The molecule has 14 heteroatoms. The van der Waals surface area contributed by atoms with E-state index in [1.807, 2.05) is 0 Å². The average Bonchev–Trinajstić information content (AvgIpc) is 2.76. The van der Waals surface area contributed by atoms with Gasteiger partial charge in [0.1, 0.15) is 11.6 Å². The zero-order chi connectivity index (χ0) is 22.0. The molecule has 0 spiro atoms. The smallest absolute Gasteiger partial charge is 0.418 e. The second-order valence-electron chi connectivity index (χ2n) is 7.83. The molecule has 0 aromatic carbocycles. The first-order valence-corrected chi connectivity index (χ1v) is 10.3. The van der Waals surface area contributed by atoms with Crippen LogP contribution >= 0.6 is 0 Å². The minimum absolute atomic E-state index is 0.0493. The Hall–Kier alpha value is -2.16. The third-order valence-corrected chi connectivity index (χ3v) is 4.42. The highest BCUT2D eigenvalue weighted by Crippen LogP contribution is 2.30. The summed E-state index contributed by atoms with van der Waals surface area (Å²) in [6, 6.07) is -2.78. The predicted molar refractivity (Wildman–Crippen MR) is 96.3 cm³/mol. The summed E-state index contributed by atoms with van der Waals surface area (Å²) in [5.41, 5.74) is 1.57. The molecular weight excluding hydrogens is 412 g/mol. The Morgan fingerprint density at radius 2 is 1.97 bits per heavy atom. The van der Waals surface area contributed by atoms with E-state index in [0.717, 1.165) is 4.90 Å². The van der Waals surface area contributed by atoms with Gasteiger partial charge in [-0.2, -0.15) is 13.5 Å². The minimum Gasteiger partial charge on any atom is -0.444 e. The number of hydrogen-bond donors (Lipinski definition) is 3. The number of hydroxylamine groups is 3. The van der Waals surface area contributed by atoms with Gasteiger partial charge < -0.3 is 15.0 Å². The second kappa shape index (κ2) is 8.69. The van der Waals surface area contributed by atoms with Gasteiger partial charge in [0.25, 0.3) is 5.91 Å². The molecule has 0 radical (unpaired) electrons. The topological polar surface area (TPSA) is 164 Å². The zero-order valence-corrected chi connectivity index (χ0v) is 17.4. The van der Waals surface area contributed by atoms with Crippen molar-refractivity contribution >= 4 is 28.4 Å². The molecule has 166 valence electrons. The van der Waals surface area contributed by atoms with Crippen molar-refractivity contribution < 1.29 is 41.2 Å². The molecule has 0 aromatic heterocycles. The third kappa shape index (κ3) is 6.69. The Kier molecular flexibility index (Phi) is 6.93. The largest absolute Gasteiger partial charge is 0.444 e. The Bertz CT molecular complexity index is 751. The molecule has 13 nitrogen and oxygen atoms in total. The molecule has 0 aliphatic carbocycles. The van der Waals surface area contributed by atoms with Crippen LogP contribution < -0.4 is 10.8 Å². The van der Waals surface area contributed by atoms with Gasteiger partial charge in [0, 0.05) is 6.54 Å². The molecule has 2 rings (SSSR count). The monoisotopic (exact) mass is 438 g/mol. The maximum Gasteiger partial charge on any atom is 0.418 e. The van der Waals surface area contributed by atoms with Crippen LogP contribution in [0, 0.1) is 0 Å². The molecule has 4 amide bonds. The van der Waals surface area contributed by atoms with Gasteiger partial charge in [-0.25, -0.2) is 15.1 Å². The van der Waals surface area contributed by atoms with E-state index in [2.05, 4.69) is 15.1 Å². The van der Waals surface area contributed by atoms with E-state index in [1.54, 1.807) is 27.7 Å². The van der Waals surface area contributed by atoms with Crippen molar-refractivity contribution in [2.45, 2.75) is 64.3 Å². The van der Waals surface area contributed by atoms with E-state index < -0.39 is 52.2 Å². The van der Waals surface area contributed by atoms with Crippen LogP contribution in [-0.2, 0) is 29.1 Å². The van der Waals surface area contributed by atoms with Gasteiger partial charge in [0.15, 0.2) is 0 Å². The first-order valence-electron chi connectivity index (χ1n) is 8.95. The number of carbonyl (C=O) groups is 3. The Balaban J connectivity index is 1.80. The van der Waals surface area contributed by atoms with Crippen molar-refractivity contribution in [3.63, 3.8) is 0 Å². The van der Waals surface area contributed by atoms with Crippen LogP contribution in [0.3, 0.4) is 0 Å². The van der Waals surface area contributed by atoms with Crippen LogP contribution in [0.15, 0.2) is 0 Å². The molecule has 2 bridgehead atoms. The van der Waals surface area contributed by atoms with E-state index in [-0.39, 0.29) is 19.6 Å². The number of fused-ring (bicyclic) bond motifs is 2. The van der Waals surface area contributed by atoms with Crippen molar-refractivity contribution in [3.05, 3.63) is 0 Å². The van der Waals surface area contributed by atoms with Gasteiger partial charge >= 0.3 is 22.5 Å². The van der Waals surface area contributed by atoms with Crippen LogP contribution in [-0.4, -0.2) is 77.8 Å². The number of amides is 4. The second-order valence-corrected chi connectivity index (χ2v) is 8.84. The predicted octanol–water partition coefficient (Wildman–Crippen LogP) is -0.0496. The van der Waals surface area contributed by atoms with Crippen molar-refractivity contribution in [2.75, 3.05) is 13.2 Å². The van der Waals surface area contributed by atoms with E-state index in [1.165, 1.54) is 0 Å². The average molecular weight is 438 g/mol. The minimum atomic E-state index is -4.85. The maximum atomic E-state index is 12.3. The first kappa shape index (κ1) is 23.1. The SMILES string of the molecule is C[C@@H](CONC(=O)[C@@H]1CCC2CN1C(=O)N2OS(=O)(=O)O)NC(=O)OC(C)(C)C. The van der Waals surface area contributed by atoms with Crippen molar-refractivity contribution in [1.82, 2.24) is 20.8 Å². The van der Waals surface area contributed by atoms with Crippen LogP contribution in [0.1, 0.15) is 40.5 Å². The normalized spacial score (nSPS) is 23.0. The molecule has 0 aromatic rings. The molecule has 2 saturated heterocycles. The summed E-state index contributed by atoms with van der Waals surface area (Å²) in [4.78, 5) is 42.5. The van der Waals surface area contributed by atoms with Gasteiger partial charge in [-0.15, -0.1) is 4.28 Å². The van der Waals surface area contributed by atoms with Crippen molar-refractivity contribution in [1.29, 1.82) is 0 Å². The summed E-state index contributed by atoms with van der Waals surface area (Å²) in [5, 5.41) is 3.10. The molecule has 1 unspecified atom stereocenters. The summed E-state index contributed by atoms with van der Waals surface area (Å²) < 4.78 is 39.9. The van der Waals surface area contributed by atoms with Gasteiger partial charge in [-0.3, -0.25) is 14.2 Å². The Morgan fingerprint density at radius 1 is 1.31 bits per heavy atom. The lowest BCUT2D eigenvalue weighted by Gasteiger charge is -2.29. The Labute approximate surface area is 168 Å². The van der Waals surface area contributed by atoms with Crippen LogP contribution in [0.5, 0.6) is 0 Å². The molecule has 3 N–H and O–H groups in total. The number of hydrogen-bond acceptors (Lipinski definition) is 8. The Morgan fingerprint density at radius 3 is 2.55 bits per heavy atom. The van der Waals surface area contributed by atoms with E-state index in [0.29, 0.717) is 11.5 Å². The maximum absolute atomic E-state index is 12.3. The standard InChI is InChI=1S/C15H26N4O9S/c1-9(16-13(21)27-15(2,3)4)8-26-17-12(20)11-6-5-10-7-18(11)14(22)19(10)28-29(23,24)25/h9-11H,5-8H2,1-4H3,(H,16,21)(H,17,20)(H,23,24,25)/t9-,10?,11-/m0/s1. The third-order valence-electron chi connectivity index (χ3n) is 4.07. The molecule has 2 aliphatic heterocycles. The molecule has 2 fully saturated rings.